The van der Waals surface area contributed by atoms with Crippen LogP contribution in [0.1, 0.15) is 18.4 Å². The number of carbonyl (C=O) groups is 2. The lowest BCUT2D eigenvalue weighted by Gasteiger charge is -2.36. The summed E-state index contributed by atoms with van der Waals surface area (Å²) in [4.78, 5) is 25.2. The third kappa shape index (κ3) is 3.93. The number of piperidine rings is 1. The highest BCUT2D eigenvalue weighted by Crippen LogP contribution is 2.32. The number of amides is 1. The van der Waals surface area contributed by atoms with Crippen LogP contribution in [0, 0.1) is 0 Å². The van der Waals surface area contributed by atoms with Gasteiger partial charge in [-0.3, -0.25) is 4.79 Å². The van der Waals surface area contributed by atoms with Crippen molar-refractivity contribution in [1.82, 2.24) is 4.90 Å². The number of benzene rings is 1. The maximum Gasteiger partial charge on any atom is 0.509 e. The van der Waals surface area contributed by atoms with Crippen LogP contribution in [0.3, 0.4) is 0 Å². The van der Waals surface area contributed by atoms with Gasteiger partial charge in [-0.15, -0.1) is 11.8 Å². The molecule has 0 bridgehead atoms. The van der Waals surface area contributed by atoms with Crippen LogP contribution in [0.15, 0.2) is 24.3 Å². The first kappa shape index (κ1) is 16.5. The zero-order valence-electron chi connectivity index (χ0n) is 12.6. The van der Waals surface area contributed by atoms with E-state index in [0.717, 1.165) is 10.6 Å². The Morgan fingerprint density at radius 1 is 1.30 bits per heavy atom. The molecule has 2 saturated heterocycles. The van der Waals surface area contributed by atoms with Gasteiger partial charge >= 0.3 is 6.16 Å². The summed E-state index contributed by atoms with van der Waals surface area (Å²) >= 11 is 7.67. The molecule has 0 aliphatic carbocycles. The summed E-state index contributed by atoms with van der Waals surface area (Å²) in [6, 6.07) is 7.66. The highest BCUT2D eigenvalue weighted by molar-refractivity contribution is 7.99. The number of thioether (sulfide) groups is 1. The third-order valence-corrected chi connectivity index (χ3v) is 5.56. The van der Waals surface area contributed by atoms with Crippen molar-refractivity contribution < 1.29 is 19.1 Å². The van der Waals surface area contributed by atoms with E-state index in [2.05, 4.69) is 0 Å². The summed E-state index contributed by atoms with van der Waals surface area (Å²) < 4.78 is 10.1. The predicted molar refractivity (Wildman–Crippen MR) is 88.6 cm³/mol. The second-order valence-corrected chi connectivity index (χ2v) is 7.18. The highest BCUT2D eigenvalue weighted by atomic mass is 35.5. The molecular formula is C16H18ClNO4S. The van der Waals surface area contributed by atoms with Gasteiger partial charge in [-0.1, -0.05) is 29.8 Å². The molecule has 7 heteroatoms. The van der Waals surface area contributed by atoms with Gasteiger partial charge in [0.1, 0.15) is 6.61 Å². The number of likely N-dealkylation sites (tertiary alicyclic amines) is 1. The number of cyclic esters (lactones) is 1. The molecule has 0 radical (unpaired) electrons. The third-order valence-electron chi connectivity index (χ3n) is 4.22. The van der Waals surface area contributed by atoms with Crippen molar-refractivity contribution in [3.05, 3.63) is 34.9 Å². The van der Waals surface area contributed by atoms with Gasteiger partial charge in [0, 0.05) is 36.7 Å². The number of rotatable bonds is 4. The summed E-state index contributed by atoms with van der Waals surface area (Å²) in [7, 11) is 0. The molecule has 0 atom stereocenters. The maximum absolute atomic E-state index is 12.3. The van der Waals surface area contributed by atoms with Crippen molar-refractivity contribution >= 4 is 35.4 Å². The van der Waals surface area contributed by atoms with Crippen LogP contribution >= 0.6 is 23.4 Å². The van der Waals surface area contributed by atoms with Crippen molar-refractivity contribution in [1.29, 1.82) is 0 Å². The molecule has 2 heterocycles. The van der Waals surface area contributed by atoms with Gasteiger partial charge in [-0.25, -0.2) is 4.79 Å². The first-order valence-electron chi connectivity index (χ1n) is 7.53. The smallest absolute Gasteiger partial charge is 0.430 e. The van der Waals surface area contributed by atoms with E-state index in [-0.39, 0.29) is 5.91 Å². The number of ether oxygens (including phenoxy) is 2. The van der Waals surface area contributed by atoms with E-state index in [4.69, 9.17) is 21.1 Å². The Labute approximate surface area is 144 Å². The zero-order chi connectivity index (χ0) is 16.3. The van der Waals surface area contributed by atoms with Crippen molar-refractivity contribution in [3.8, 4) is 0 Å². The summed E-state index contributed by atoms with van der Waals surface area (Å²) in [5, 5.41) is 0.732. The Morgan fingerprint density at radius 3 is 2.70 bits per heavy atom. The summed E-state index contributed by atoms with van der Waals surface area (Å²) in [6.45, 7) is 1.50. The van der Waals surface area contributed by atoms with Crippen LogP contribution in [0.4, 0.5) is 4.79 Å². The minimum Gasteiger partial charge on any atom is -0.430 e. The van der Waals surface area contributed by atoms with E-state index in [1.807, 2.05) is 29.2 Å². The van der Waals surface area contributed by atoms with E-state index in [0.29, 0.717) is 44.0 Å². The monoisotopic (exact) mass is 355 g/mol. The topological polar surface area (TPSA) is 55.8 Å². The van der Waals surface area contributed by atoms with Crippen LogP contribution < -0.4 is 0 Å². The molecule has 23 heavy (non-hydrogen) atoms. The largest absolute Gasteiger partial charge is 0.509 e. The van der Waals surface area contributed by atoms with Crippen LogP contribution in [0.2, 0.25) is 5.02 Å². The Bertz CT molecular complexity index is 601. The average Bonchev–Trinajstić information content (AvgIpc) is 2.90. The molecule has 3 rings (SSSR count). The van der Waals surface area contributed by atoms with Gasteiger partial charge in [0.25, 0.3) is 0 Å². The molecule has 2 fully saturated rings. The lowest BCUT2D eigenvalue weighted by Crippen LogP contribution is -2.48. The fraction of sp³-hybridized carbons (Fsp3) is 0.500. The molecule has 1 aromatic rings. The van der Waals surface area contributed by atoms with Crippen LogP contribution in [-0.2, 0) is 20.0 Å². The minimum absolute atomic E-state index is 0.113. The van der Waals surface area contributed by atoms with E-state index in [1.165, 1.54) is 0 Å². The molecule has 0 unspecified atom stereocenters. The standard InChI is InChI=1S/C16H18ClNO4S/c17-13-4-2-1-3-12(13)9-23-10-14(19)18-7-5-16(6-8-18)11-21-15(20)22-16/h1-4H,5-11H2. The molecule has 0 N–H and O–H groups in total. The lowest BCUT2D eigenvalue weighted by molar-refractivity contribution is -0.131. The van der Waals surface area contributed by atoms with Crippen molar-refractivity contribution in [2.75, 3.05) is 25.4 Å². The van der Waals surface area contributed by atoms with Gasteiger partial charge in [0.2, 0.25) is 5.91 Å². The minimum atomic E-state index is -0.597. The van der Waals surface area contributed by atoms with Gasteiger partial charge < -0.3 is 14.4 Å². The van der Waals surface area contributed by atoms with Gasteiger partial charge in [-0.05, 0) is 11.6 Å². The van der Waals surface area contributed by atoms with E-state index in [1.54, 1.807) is 11.8 Å². The SMILES string of the molecule is O=C1OCC2(CCN(C(=O)CSCc3ccccc3Cl)CC2)O1. The van der Waals surface area contributed by atoms with Crippen LogP contribution in [0.25, 0.3) is 0 Å². The van der Waals surface area contributed by atoms with Crippen molar-refractivity contribution in [2.24, 2.45) is 0 Å². The Hall–Kier alpha value is -1.40. The highest BCUT2D eigenvalue weighted by Gasteiger charge is 2.45. The quantitative estimate of drug-likeness (QED) is 0.777. The number of nitrogens with zero attached hydrogens (tertiary/aromatic N) is 1. The van der Waals surface area contributed by atoms with Gasteiger partial charge in [0.15, 0.2) is 5.60 Å². The second kappa shape index (κ2) is 7.01. The molecule has 0 aromatic heterocycles. The first-order valence-corrected chi connectivity index (χ1v) is 9.06. The van der Waals surface area contributed by atoms with E-state index < -0.39 is 11.8 Å². The van der Waals surface area contributed by atoms with Gasteiger partial charge in [0.05, 0.1) is 5.75 Å². The lowest BCUT2D eigenvalue weighted by atomic mass is 9.92. The molecule has 1 spiro atoms. The van der Waals surface area contributed by atoms with E-state index in [9.17, 15) is 9.59 Å². The molecule has 1 amide bonds. The molecule has 5 nitrogen and oxygen atoms in total. The second-order valence-electron chi connectivity index (χ2n) is 5.79. The fourth-order valence-electron chi connectivity index (χ4n) is 2.79. The number of hydrogen-bond acceptors (Lipinski definition) is 5. The summed E-state index contributed by atoms with van der Waals surface area (Å²) in [5.41, 5.74) is 0.526. The number of halogens is 1. The molecular weight excluding hydrogens is 338 g/mol. The Morgan fingerprint density at radius 2 is 2.04 bits per heavy atom. The molecule has 2 aliphatic heterocycles. The predicted octanol–water partition coefficient (Wildman–Crippen LogP) is 3.10. The van der Waals surface area contributed by atoms with Crippen molar-refractivity contribution in [3.63, 3.8) is 0 Å². The normalized spacial score (nSPS) is 19.5. The summed E-state index contributed by atoms with van der Waals surface area (Å²) in [5.74, 6) is 1.26. The molecule has 124 valence electrons. The fourth-order valence-corrected chi connectivity index (χ4v) is 4.00. The Kier molecular flexibility index (Phi) is 5.02. The van der Waals surface area contributed by atoms with Crippen LogP contribution in [-0.4, -0.2) is 48.0 Å². The molecule has 1 aromatic carbocycles. The zero-order valence-corrected chi connectivity index (χ0v) is 14.2. The average molecular weight is 356 g/mol. The molecule has 0 saturated carbocycles. The van der Waals surface area contributed by atoms with E-state index >= 15 is 0 Å². The van der Waals surface area contributed by atoms with Crippen LogP contribution in [0.5, 0.6) is 0 Å². The number of carbonyl (C=O) groups excluding carboxylic acids is 2. The Balaban J connectivity index is 1.43. The first-order chi connectivity index (χ1) is 11.1. The molecule has 2 aliphatic rings. The summed E-state index contributed by atoms with van der Waals surface area (Å²) in [6.07, 6.45) is 0.680. The van der Waals surface area contributed by atoms with Gasteiger partial charge in [-0.2, -0.15) is 0 Å². The number of hydrogen-bond donors (Lipinski definition) is 0. The maximum atomic E-state index is 12.3. The van der Waals surface area contributed by atoms with Crippen molar-refractivity contribution in [2.45, 2.75) is 24.2 Å².